The van der Waals surface area contributed by atoms with Crippen LogP contribution in [0.5, 0.6) is 0 Å². The van der Waals surface area contributed by atoms with Crippen LogP contribution < -0.4 is 0 Å². The van der Waals surface area contributed by atoms with E-state index in [9.17, 15) is 9.59 Å². The number of hydrogen-bond donors (Lipinski definition) is 0. The first kappa shape index (κ1) is 18.2. The van der Waals surface area contributed by atoms with Gasteiger partial charge in [0.05, 0.1) is 18.6 Å². The number of carbonyl (C=O) groups is 2. The maximum Gasteiger partial charge on any atom is 0.224 e. The third-order valence-corrected chi connectivity index (χ3v) is 5.10. The summed E-state index contributed by atoms with van der Waals surface area (Å²) < 4.78 is 11.1. The largest absolute Gasteiger partial charge is 0.384 e. The summed E-state index contributed by atoms with van der Waals surface area (Å²) in [5.74, 6) is 0.755. The van der Waals surface area contributed by atoms with E-state index >= 15 is 0 Å². The normalized spacial score (nSPS) is 23.8. The van der Waals surface area contributed by atoms with Gasteiger partial charge in [0.15, 0.2) is 0 Å². The van der Waals surface area contributed by atoms with Crippen LogP contribution in [0.2, 0.25) is 0 Å². The highest BCUT2D eigenvalue weighted by Crippen LogP contribution is 2.39. The standard InChI is InChI=1S/C17H30N2O4/c1-18(2)16(21)12-14-4-11-23-17(13-14)6-8-19(9-7-17)15(20)5-10-22-3/h14H,4-13H2,1-3H3. The molecular formula is C17H30N2O4. The van der Waals surface area contributed by atoms with Crippen molar-refractivity contribution in [2.45, 2.75) is 44.1 Å². The summed E-state index contributed by atoms with van der Waals surface area (Å²) >= 11 is 0. The Morgan fingerprint density at radius 3 is 2.61 bits per heavy atom. The Labute approximate surface area is 139 Å². The second-order valence-electron chi connectivity index (χ2n) is 7.01. The lowest BCUT2D eigenvalue weighted by atomic mass is 9.78. The number of methoxy groups -OCH3 is 1. The molecule has 0 N–H and O–H groups in total. The summed E-state index contributed by atoms with van der Waals surface area (Å²) in [7, 11) is 5.23. The van der Waals surface area contributed by atoms with E-state index in [4.69, 9.17) is 9.47 Å². The van der Waals surface area contributed by atoms with Crippen LogP contribution in [-0.4, -0.2) is 74.7 Å². The maximum absolute atomic E-state index is 12.1. The Morgan fingerprint density at radius 1 is 1.30 bits per heavy atom. The van der Waals surface area contributed by atoms with E-state index in [1.807, 2.05) is 19.0 Å². The predicted molar refractivity (Wildman–Crippen MR) is 87.0 cm³/mol. The number of nitrogens with zero attached hydrogens (tertiary/aromatic N) is 2. The van der Waals surface area contributed by atoms with E-state index in [-0.39, 0.29) is 17.4 Å². The first-order valence-electron chi connectivity index (χ1n) is 8.56. The molecule has 2 heterocycles. The van der Waals surface area contributed by atoms with Crippen molar-refractivity contribution in [3.63, 3.8) is 0 Å². The second-order valence-corrected chi connectivity index (χ2v) is 7.01. The minimum absolute atomic E-state index is 0.131. The van der Waals surface area contributed by atoms with Crippen LogP contribution in [0.15, 0.2) is 0 Å². The van der Waals surface area contributed by atoms with Gasteiger partial charge in [-0.25, -0.2) is 0 Å². The molecule has 6 nitrogen and oxygen atoms in total. The number of rotatable bonds is 5. The highest BCUT2D eigenvalue weighted by Gasteiger charge is 2.41. The lowest BCUT2D eigenvalue weighted by Crippen LogP contribution is -2.51. The van der Waals surface area contributed by atoms with Gasteiger partial charge in [-0.1, -0.05) is 0 Å². The van der Waals surface area contributed by atoms with Crippen molar-refractivity contribution < 1.29 is 19.1 Å². The second kappa shape index (κ2) is 8.11. The van der Waals surface area contributed by atoms with E-state index in [2.05, 4.69) is 0 Å². The summed E-state index contributed by atoms with van der Waals surface area (Å²) in [4.78, 5) is 27.6. The Hall–Kier alpha value is -1.14. The van der Waals surface area contributed by atoms with Gasteiger partial charge in [0.1, 0.15) is 0 Å². The summed E-state index contributed by atoms with van der Waals surface area (Å²) in [6.45, 7) is 2.70. The predicted octanol–water partition coefficient (Wildman–Crippen LogP) is 1.29. The summed E-state index contributed by atoms with van der Waals surface area (Å²) in [5, 5.41) is 0. The Balaban J connectivity index is 1.84. The molecule has 0 aromatic heterocycles. The molecule has 0 radical (unpaired) electrons. The topological polar surface area (TPSA) is 59.1 Å². The quantitative estimate of drug-likeness (QED) is 0.764. The van der Waals surface area contributed by atoms with Crippen molar-refractivity contribution in [3.05, 3.63) is 0 Å². The lowest BCUT2D eigenvalue weighted by molar-refractivity contribution is -0.150. The van der Waals surface area contributed by atoms with Crippen LogP contribution in [0.4, 0.5) is 0 Å². The molecule has 2 saturated heterocycles. The Bertz CT molecular complexity index is 417. The maximum atomic E-state index is 12.1. The molecule has 6 heteroatoms. The molecule has 0 saturated carbocycles. The number of carbonyl (C=O) groups excluding carboxylic acids is 2. The van der Waals surface area contributed by atoms with Gasteiger partial charge in [-0.3, -0.25) is 9.59 Å². The molecule has 2 aliphatic heterocycles. The van der Waals surface area contributed by atoms with Gasteiger partial charge in [0.25, 0.3) is 0 Å². The molecule has 1 unspecified atom stereocenters. The number of likely N-dealkylation sites (tertiary alicyclic amines) is 1. The zero-order valence-corrected chi connectivity index (χ0v) is 14.7. The van der Waals surface area contributed by atoms with Gasteiger partial charge >= 0.3 is 0 Å². The highest BCUT2D eigenvalue weighted by atomic mass is 16.5. The van der Waals surface area contributed by atoms with Crippen molar-refractivity contribution in [1.82, 2.24) is 9.80 Å². The van der Waals surface area contributed by atoms with Crippen molar-refractivity contribution in [2.75, 3.05) is 47.5 Å². The van der Waals surface area contributed by atoms with E-state index in [0.29, 0.717) is 25.4 Å². The van der Waals surface area contributed by atoms with Gasteiger partial charge in [-0.15, -0.1) is 0 Å². The Kier molecular flexibility index (Phi) is 6.41. The molecule has 0 bridgehead atoms. The fourth-order valence-electron chi connectivity index (χ4n) is 3.59. The van der Waals surface area contributed by atoms with Crippen LogP contribution in [0, 0.1) is 5.92 Å². The lowest BCUT2D eigenvalue weighted by Gasteiger charge is -2.46. The molecule has 0 aromatic rings. The third-order valence-electron chi connectivity index (χ3n) is 5.10. The van der Waals surface area contributed by atoms with E-state index in [1.165, 1.54) is 0 Å². The van der Waals surface area contributed by atoms with Gasteiger partial charge in [0.2, 0.25) is 11.8 Å². The van der Waals surface area contributed by atoms with Crippen LogP contribution in [0.1, 0.15) is 38.5 Å². The summed E-state index contributed by atoms with van der Waals surface area (Å²) in [5.41, 5.74) is -0.131. The van der Waals surface area contributed by atoms with Gasteiger partial charge in [-0.05, 0) is 31.6 Å². The fourth-order valence-corrected chi connectivity index (χ4v) is 3.59. The monoisotopic (exact) mass is 326 g/mol. The first-order chi connectivity index (χ1) is 11.0. The zero-order valence-electron chi connectivity index (χ0n) is 14.7. The van der Waals surface area contributed by atoms with Gasteiger partial charge in [0, 0.05) is 47.3 Å². The summed E-state index contributed by atoms with van der Waals surface area (Å²) in [6.07, 6.45) is 4.69. The molecule has 2 fully saturated rings. The minimum atomic E-state index is -0.131. The molecule has 0 aromatic carbocycles. The van der Waals surface area contributed by atoms with E-state index in [0.717, 1.165) is 45.4 Å². The van der Waals surface area contributed by atoms with Crippen LogP contribution in [0.25, 0.3) is 0 Å². The zero-order chi connectivity index (χ0) is 16.9. The third kappa shape index (κ3) is 4.91. The molecule has 2 aliphatic rings. The molecule has 132 valence electrons. The molecule has 1 atom stereocenters. The number of amides is 2. The summed E-state index contributed by atoms with van der Waals surface area (Å²) in [6, 6.07) is 0. The minimum Gasteiger partial charge on any atom is -0.384 e. The van der Waals surface area contributed by atoms with Crippen molar-refractivity contribution >= 4 is 11.8 Å². The molecule has 0 aliphatic carbocycles. The van der Waals surface area contributed by atoms with Gasteiger partial charge < -0.3 is 19.3 Å². The molecular weight excluding hydrogens is 296 g/mol. The number of ether oxygens (including phenoxy) is 2. The van der Waals surface area contributed by atoms with Crippen molar-refractivity contribution in [2.24, 2.45) is 5.92 Å². The van der Waals surface area contributed by atoms with E-state index < -0.39 is 0 Å². The first-order valence-corrected chi connectivity index (χ1v) is 8.56. The molecule has 2 amide bonds. The van der Waals surface area contributed by atoms with Crippen LogP contribution in [0.3, 0.4) is 0 Å². The number of hydrogen-bond acceptors (Lipinski definition) is 4. The SMILES string of the molecule is COCCC(=O)N1CCC2(CC1)CC(CC(=O)N(C)C)CCO2. The highest BCUT2D eigenvalue weighted by molar-refractivity contribution is 5.76. The van der Waals surface area contributed by atoms with Gasteiger partial charge in [-0.2, -0.15) is 0 Å². The smallest absolute Gasteiger partial charge is 0.224 e. The molecule has 2 rings (SSSR count). The van der Waals surface area contributed by atoms with Crippen molar-refractivity contribution in [1.29, 1.82) is 0 Å². The number of piperidine rings is 1. The van der Waals surface area contributed by atoms with Crippen LogP contribution >= 0.6 is 0 Å². The Morgan fingerprint density at radius 2 is 2.00 bits per heavy atom. The van der Waals surface area contributed by atoms with Crippen LogP contribution in [-0.2, 0) is 19.1 Å². The van der Waals surface area contributed by atoms with E-state index in [1.54, 1.807) is 12.0 Å². The average Bonchev–Trinajstić information content (AvgIpc) is 2.53. The molecule has 23 heavy (non-hydrogen) atoms. The van der Waals surface area contributed by atoms with Crippen molar-refractivity contribution in [3.8, 4) is 0 Å². The average molecular weight is 326 g/mol. The molecule has 1 spiro atoms. The fraction of sp³-hybridized carbons (Fsp3) is 0.882.